The lowest BCUT2D eigenvalue weighted by Gasteiger charge is -2.26. The lowest BCUT2D eigenvalue weighted by Crippen LogP contribution is -2.35. The van der Waals surface area contributed by atoms with Gasteiger partial charge in [-0.15, -0.1) is 0 Å². The van der Waals surface area contributed by atoms with Crippen LogP contribution in [-0.4, -0.2) is 37.2 Å². The van der Waals surface area contributed by atoms with Gasteiger partial charge in [0.15, 0.2) is 12.4 Å². The molecule has 29 heavy (non-hydrogen) atoms. The minimum atomic E-state index is -0.313. The first-order valence-corrected chi connectivity index (χ1v) is 9.07. The number of nitrogens with one attached hydrogen (secondary N) is 2. The van der Waals surface area contributed by atoms with Crippen molar-refractivity contribution in [3.63, 3.8) is 0 Å². The molecule has 2 aromatic carbocycles. The van der Waals surface area contributed by atoms with Crippen LogP contribution < -0.4 is 20.3 Å². The maximum atomic E-state index is 12.5. The lowest BCUT2D eigenvalue weighted by atomic mass is 10.0. The Hall–Kier alpha value is -3.68. The molecule has 8 heteroatoms. The van der Waals surface area contributed by atoms with Crippen LogP contribution in [0.5, 0.6) is 5.75 Å². The van der Waals surface area contributed by atoms with Crippen molar-refractivity contribution in [3.8, 4) is 5.75 Å². The molecule has 0 aliphatic carbocycles. The third kappa shape index (κ3) is 4.98. The summed E-state index contributed by atoms with van der Waals surface area (Å²) < 4.78 is 5.35. The minimum Gasteiger partial charge on any atom is -0.482 e. The molecule has 0 atom stereocenters. The highest BCUT2D eigenvalue weighted by atomic mass is 16.5. The fourth-order valence-corrected chi connectivity index (χ4v) is 2.92. The van der Waals surface area contributed by atoms with Crippen molar-refractivity contribution in [2.45, 2.75) is 19.8 Å². The van der Waals surface area contributed by atoms with Crippen molar-refractivity contribution in [3.05, 3.63) is 48.0 Å². The van der Waals surface area contributed by atoms with Gasteiger partial charge in [0.25, 0.3) is 5.91 Å². The first kappa shape index (κ1) is 20.1. The molecular weight excluding hydrogens is 374 g/mol. The van der Waals surface area contributed by atoms with E-state index in [-0.39, 0.29) is 43.0 Å². The van der Waals surface area contributed by atoms with E-state index in [0.717, 1.165) is 0 Å². The number of hydrogen-bond donors (Lipinski definition) is 2. The number of ketones is 1. The van der Waals surface area contributed by atoms with E-state index >= 15 is 0 Å². The Balaban J connectivity index is 1.59. The van der Waals surface area contributed by atoms with Gasteiger partial charge in [0.05, 0.1) is 5.69 Å². The summed E-state index contributed by atoms with van der Waals surface area (Å²) in [5, 5.41) is 5.35. The molecule has 8 nitrogen and oxygen atoms in total. The van der Waals surface area contributed by atoms with E-state index in [4.69, 9.17) is 4.74 Å². The molecule has 0 bridgehead atoms. The molecule has 0 fully saturated rings. The second-order valence-corrected chi connectivity index (χ2v) is 6.66. The number of nitrogens with zero attached hydrogens (tertiary/aromatic N) is 1. The highest BCUT2D eigenvalue weighted by Gasteiger charge is 2.23. The third-order valence-corrected chi connectivity index (χ3v) is 4.41. The first-order chi connectivity index (χ1) is 13.8. The van der Waals surface area contributed by atoms with Gasteiger partial charge in [0.2, 0.25) is 11.8 Å². The second kappa shape index (κ2) is 8.55. The van der Waals surface area contributed by atoms with E-state index in [1.807, 2.05) is 0 Å². The normalized spacial score (nSPS) is 12.6. The lowest BCUT2D eigenvalue weighted by molar-refractivity contribution is -0.121. The monoisotopic (exact) mass is 395 g/mol. The minimum absolute atomic E-state index is 0.00551. The van der Waals surface area contributed by atoms with Crippen LogP contribution in [0.1, 0.15) is 30.1 Å². The van der Waals surface area contributed by atoms with Crippen LogP contribution in [0.4, 0.5) is 17.1 Å². The van der Waals surface area contributed by atoms with Crippen molar-refractivity contribution < 1.29 is 23.9 Å². The maximum Gasteiger partial charge on any atom is 0.264 e. The number of benzene rings is 2. The molecule has 0 saturated heterocycles. The molecule has 0 saturated carbocycles. The molecule has 1 heterocycles. The molecule has 3 amide bonds. The summed E-state index contributed by atoms with van der Waals surface area (Å²) >= 11 is 0. The van der Waals surface area contributed by atoms with Gasteiger partial charge in [0.1, 0.15) is 5.75 Å². The fraction of sp³-hybridized carbons (Fsp3) is 0.238. The van der Waals surface area contributed by atoms with Crippen LogP contribution in [0.3, 0.4) is 0 Å². The van der Waals surface area contributed by atoms with Crippen LogP contribution >= 0.6 is 0 Å². The van der Waals surface area contributed by atoms with Gasteiger partial charge in [-0.1, -0.05) is 6.07 Å². The van der Waals surface area contributed by atoms with Crippen molar-refractivity contribution in [2.24, 2.45) is 0 Å². The zero-order valence-corrected chi connectivity index (χ0v) is 16.2. The third-order valence-electron chi connectivity index (χ3n) is 4.41. The fourth-order valence-electron chi connectivity index (χ4n) is 2.92. The number of likely N-dealkylation sites (N-methyl/N-ethyl adjacent to an activating group) is 1. The first-order valence-electron chi connectivity index (χ1n) is 9.07. The van der Waals surface area contributed by atoms with Gasteiger partial charge in [0, 0.05) is 43.8 Å². The molecule has 1 aliphatic rings. The number of carbonyl (C=O) groups excluding carboxylic acids is 4. The van der Waals surface area contributed by atoms with E-state index in [2.05, 4.69) is 10.6 Å². The summed E-state index contributed by atoms with van der Waals surface area (Å²) in [4.78, 5) is 49.0. The van der Waals surface area contributed by atoms with Gasteiger partial charge in [-0.3, -0.25) is 19.2 Å². The zero-order valence-electron chi connectivity index (χ0n) is 16.2. The summed E-state index contributed by atoms with van der Waals surface area (Å²) in [5.74, 6) is -0.376. The van der Waals surface area contributed by atoms with Gasteiger partial charge in [-0.05, 0) is 36.4 Å². The predicted molar refractivity (Wildman–Crippen MR) is 108 cm³/mol. The molecule has 2 aromatic rings. The summed E-state index contributed by atoms with van der Waals surface area (Å²) in [7, 11) is 1.63. The molecule has 150 valence electrons. The number of anilines is 3. The van der Waals surface area contributed by atoms with Crippen molar-refractivity contribution in [2.75, 3.05) is 29.2 Å². The van der Waals surface area contributed by atoms with E-state index in [1.54, 1.807) is 49.5 Å². The highest BCUT2D eigenvalue weighted by Crippen LogP contribution is 2.32. The number of Topliss-reactive ketones (excluding diaryl/α,β-unsaturated/α-hetero) is 1. The van der Waals surface area contributed by atoms with Gasteiger partial charge in [-0.25, -0.2) is 0 Å². The summed E-state index contributed by atoms with van der Waals surface area (Å²) in [6.45, 7) is 1.37. The van der Waals surface area contributed by atoms with Crippen LogP contribution in [0.2, 0.25) is 0 Å². The second-order valence-electron chi connectivity index (χ2n) is 6.66. The number of ether oxygens (including phenoxy) is 1. The molecule has 0 spiro atoms. The topological polar surface area (TPSA) is 105 Å². The average molecular weight is 395 g/mol. The van der Waals surface area contributed by atoms with Gasteiger partial charge >= 0.3 is 0 Å². The van der Waals surface area contributed by atoms with E-state index in [1.165, 1.54) is 11.8 Å². The Kier molecular flexibility index (Phi) is 5.92. The molecule has 0 unspecified atom stereocenters. The highest BCUT2D eigenvalue weighted by molar-refractivity contribution is 6.03. The molecule has 0 radical (unpaired) electrons. The van der Waals surface area contributed by atoms with Crippen molar-refractivity contribution in [1.82, 2.24) is 0 Å². The summed E-state index contributed by atoms with van der Waals surface area (Å²) in [6.07, 6.45) is 0.0279. The SMILES string of the molecule is CC(=O)Nc1cccc(NC(=O)CCC(=O)c2ccc3c(c2)N(C)C(=O)CO3)c1. The van der Waals surface area contributed by atoms with Crippen molar-refractivity contribution in [1.29, 1.82) is 0 Å². The van der Waals surface area contributed by atoms with Gasteiger partial charge < -0.3 is 20.3 Å². The number of amides is 3. The van der Waals surface area contributed by atoms with Crippen LogP contribution in [0, 0.1) is 0 Å². The number of fused-ring (bicyclic) bond motifs is 1. The molecule has 2 N–H and O–H groups in total. The van der Waals surface area contributed by atoms with Crippen LogP contribution in [-0.2, 0) is 14.4 Å². The average Bonchev–Trinajstić information content (AvgIpc) is 2.68. The zero-order chi connectivity index (χ0) is 21.0. The van der Waals surface area contributed by atoms with E-state index in [0.29, 0.717) is 28.4 Å². The molecule has 3 rings (SSSR count). The Morgan fingerprint density at radius 2 is 1.76 bits per heavy atom. The molecule has 0 aromatic heterocycles. The number of rotatable bonds is 6. The number of hydrogen-bond acceptors (Lipinski definition) is 5. The largest absolute Gasteiger partial charge is 0.482 e. The van der Waals surface area contributed by atoms with E-state index < -0.39 is 0 Å². The summed E-state index contributed by atoms with van der Waals surface area (Å²) in [5.41, 5.74) is 2.04. The predicted octanol–water partition coefficient (Wildman–Crippen LogP) is 2.60. The molecular formula is C21H21N3O5. The maximum absolute atomic E-state index is 12.5. The number of carbonyl (C=O) groups is 4. The Labute approximate surface area is 167 Å². The van der Waals surface area contributed by atoms with Crippen molar-refractivity contribution >= 4 is 40.6 Å². The molecule has 1 aliphatic heterocycles. The Morgan fingerprint density at radius 3 is 2.48 bits per heavy atom. The summed E-state index contributed by atoms with van der Waals surface area (Å²) in [6, 6.07) is 11.6. The smallest absolute Gasteiger partial charge is 0.264 e. The van der Waals surface area contributed by atoms with Crippen LogP contribution in [0.25, 0.3) is 0 Å². The Bertz CT molecular complexity index is 986. The standard InChI is InChI=1S/C21H21N3O5/c1-13(25)22-15-4-3-5-16(11-15)23-20(27)9-7-18(26)14-6-8-19-17(10-14)24(2)21(28)12-29-19/h3-6,8,10-11H,7,9,12H2,1-2H3,(H,22,25)(H,23,27). The van der Waals surface area contributed by atoms with E-state index in [9.17, 15) is 19.2 Å². The Morgan fingerprint density at radius 1 is 1.03 bits per heavy atom. The van der Waals surface area contributed by atoms with Crippen LogP contribution in [0.15, 0.2) is 42.5 Å². The van der Waals surface area contributed by atoms with Gasteiger partial charge in [-0.2, -0.15) is 0 Å². The quantitative estimate of drug-likeness (QED) is 0.732.